The molecule has 2 aliphatic carbocycles. The summed E-state index contributed by atoms with van der Waals surface area (Å²) in [5.74, 6) is 1.45. The number of nitrogens with zero attached hydrogens (tertiary/aromatic N) is 2. The normalized spacial score (nSPS) is 30.6. The largest absolute Gasteiger partial charge is 0.366 e. The van der Waals surface area contributed by atoms with Crippen molar-refractivity contribution in [1.29, 1.82) is 0 Å². The van der Waals surface area contributed by atoms with Gasteiger partial charge in [-0.2, -0.15) is 0 Å². The van der Waals surface area contributed by atoms with Gasteiger partial charge in [-0.3, -0.25) is 9.69 Å². The van der Waals surface area contributed by atoms with E-state index in [1.165, 1.54) is 51.5 Å². The molecule has 2 heterocycles. The molecule has 24 heavy (non-hydrogen) atoms. The van der Waals surface area contributed by atoms with Gasteiger partial charge in [0.05, 0.1) is 16.6 Å². The maximum absolute atomic E-state index is 11.7. The molecule has 2 bridgehead atoms. The van der Waals surface area contributed by atoms with E-state index in [9.17, 15) is 4.79 Å². The van der Waals surface area contributed by atoms with Crippen LogP contribution >= 0.6 is 0 Å². The number of aromatic amines is 1. The van der Waals surface area contributed by atoms with Gasteiger partial charge < -0.3 is 10.7 Å². The first-order chi connectivity index (χ1) is 11.7. The molecule has 0 spiro atoms. The summed E-state index contributed by atoms with van der Waals surface area (Å²) in [6, 6.07) is 6.35. The molecule has 1 amide bonds. The quantitative estimate of drug-likeness (QED) is 0.911. The van der Waals surface area contributed by atoms with Crippen molar-refractivity contribution in [2.75, 3.05) is 6.54 Å². The molecule has 0 radical (unpaired) electrons. The first kappa shape index (κ1) is 14.5. The third-order valence-corrected chi connectivity index (χ3v) is 6.58. The molecule has 2 saturated carbocycles. The number of piperidine rings is 1. The van der Waals surface area contributed by atoms with Gasteiger partial charge in [-0.1, -0.05) is 18.9 Å². The second-order valence-electron chi connectivity index (χ2n) is 7.88. The summed E-state index contributed by atoms with van der Waals surface area (Å²) in [6.07, 6.45) is 9.03. The summed E-state index contributed by atoms with van der Waals surface area (Å²) in [6.45, 7) is 1.21. The minimum Gasteiger partial charge on any atom is -0.366 e. The van der Waals surface area contributed by atoms with E-state index in [-0.39, 0.29) is 5.54 Å². The fourth-order valence-electron chi connectivity index (χ4n) is 5.51. The average molecular weight is 324 g/mol. The highest BCUT2D eigenvalue weighted by Gasteiger charge is 2.55. The van der Waals surface area contributed by atoms with E-state index < -0.39 is 5.91 Å². The number of benzene rings is 1. The van der Waals surface area contributed by atoms with Crippen molar-refractivity contribution in [2.45, 2.75) is 56.5 Å². The predicted molar refractivity (Wildman–Crippen MR) is 92.6 cm³/mol. The molecule has 5 rings (SSSR count). The fourth-order valence-corrected chi connectivity index (χ4v) is 5.51. The molecule has 2 atom stereocenters. The Bertz CT molecular complexity index is 807. The van der Waals surface area contributed by atoms with Crippen molar-refractivity contribution in [1.82, 2.24) is 14.9 Å². The zero-order valence-corrected chi connectivity index (χ0v) is 13.9. The number of nitrogens with two attached hydrogens (primary N) is 1. The smallest absolute Gasteiger partial charge is 0.250 e. The van der Waals surface area contributed by atoms with E-state index in [2.05, 4.69) is 9.88 Å². The van der Waals surface area contributed by atoms with Crippen LogP contribution in [0, 0.1) is 5.92 Å². The van der Waals surface area contributed by atoms with Crippen molar-refractivity contribution in [3.05, 3.63) is 29.6 Å². The van der Waals surface area contributed by atoms with Crippen molar-refractivity contribution in [2.24, 2.45) is 11.7 Å². The topological polar surface area (TPSA) is 75.0 Å². The van der Waals surface area contributed by atoms with Gasteiger partial charge in [0.25, 0.3) is 5.91 Å². The molecule has 2 unspecified atom stereocenters. The summed E-state index contributed by atoms with van der Waals surface area (Å²) in [7, 11) is 0. The summed E-state index contributed by atoms with van der Waals surface area (Å²) >= 11 is 0. The molecular weight excluding hydrogens is 300 g/mol. The molecule has 3 aliphatic rings. The number of hydrogen-bond acceptors (Lipinski definition) is 3. The number of carbonyl (C=O) groups excluding carboxylic acids is 1. The maximum atomic E-state index is 11.7. The minimum absolute atomic E-state index is 0.0492. The van der Waals surface area contributed by atoms with Gasteiger partial charge >= 0.3 is 0 Å². The van der Waals surface area contributed by atoms with Gasteiger partial charge in [0.1, 0.15) is 11.3 Å². The number of rotatable bonds is 3. The number of para-hydroxylation sites is 1. The van der Waals surface area contributed by atoms with Gasteiger partial charge in [-0.05, 0) is 50.2 Å². The fraction of sp³-hybridized carbons (Fsp3) is 0.579. The number of likely N-dealkylation sites (tertiary alicyclic amines) is 1. The van der Waals surface area contributed by atoms with E-state index in [0.717, 1.165) is 22.8 Å². The van der Waals surface area contributed by atoms with Crippen LogP contribution in [0.15, 0.2) is 18.2 Å². The summed E-state index contributed by atoms with van der Waals surface area (Å²) in [5.41, 5.74) is 7.77. The first-order valence-electron chi connectivity index (χ1n) is 9.23. The molecule has 3 fully saturated rings. The lowest BCUT2D eigenvalue weighted by Gasteiger charge is -2.41. The molecule has 1 aromatic carbocycles. The van der Waals surface area contributed by atoms with Crippen LogP contribution in [-0.4, -0.2) is 33.4 Å². The van der Waals surface area contributed by atoms with Crippen LogP contribution in [0.4, 0.5) is 0 Å². The lowest BCUT2D eigenvalue weighted by atomic mass is 9.93. The van der Waals surface area contributed by atoms with Crippen LogP contribution in [0.5, 0.6) is 0 Å². The highest BCUT2D eigenvalue weighted by atomic mass is 16.1. The number of nitrogens with one attached hydrogen (secondary N) is 1. The van der Waals surface area contributed by atoms with Crippen LogP contribution in [0.2, 0.25) is 0 Å². The number of aromatic nitrogens is 2. The standard InChI is InChI=1S/C19H24N4O/c20-17(24)14-6-3-7-15-16(14)22-18(21-15)19-9-8-12(10-19)11-23(19)13-4-1-2-5-13/h3,6-7,12-13H,1-2,4-5,8-11H2,(H2,20,24)(H,21,22). The number of carbonyl (C=O) groups is 1. The van der Waals surface area contributed by atoms with Crippen LogP contribution in [0.3, 0.4) is 0 Å². The van der Waals surface area contributed by atoms with Gasteiger partial charge in [0.2, 0.25) is 0 Å². The minimum atomic E-state index is -0.403. The third-order valence-electron chi connectivity index (χ3n) is 6.58. The van der Waals surface area contributed by atoms with Gasteiger partial charge in [0.15, 0.2) is 0 Å². The van der Waals surface area contributed by atoms with E-state index >= 15 is 0 Å². The van der Waals surface area contributed by atoms with E-state index in [4.69, 9.17) is 10.7 Å². The number of primary amides is 1. The third kappa shape index (κ3) is 1.91. The highest BCUT2D eigenvalue weighted by Crippen LogP contribution is 2.54. The molecule has 3 N–H and O–H groups in total. The first-order valence-corrected chi connectivity index (χ1v) is 9.23. The number of hydrogen-bond donors (Lipinski definition) is 2. The Morgan fingerprint density at radius 1 is 1.29 bits per heavy atom. The van der Waals surface area contributed by atoms with Gasteiger partial charge in [-0.25, -0.2) is 4.98 Å². The van der Waals surface area contributed by atoms with Crippen molar-refractivity contribution in [3.8, 4) is 0 Å². The number of fused-ring (bicyclic) bond motifs is 3. The zero-order valence-electron chi connectivity index (χ0n) is 13.9. The van der Waals surface area contributed by atoms with Crippen LogP contribution in [0.25, 0.3) is 11.0 Å². The summed E-state index contributed by atoms with van der Waals surface area (Å²) in [5, 5.41) is 0. The highest BCUT2D eigenvalue weighted by molar-refractivity contribution is 6.04. The summed E-state index contributed by atoms with van der Waals surface area (Å²) in [4.78, 5) is 22.9. The Kier molecular flexibility index (Phi) is 3.05. The van der Waals surface area contributed by atoms with Crippen molar-refractivity contribution in [3.63, 3.8) is 0 Å². The Morgan fingerprint density at radius 3 is 2.88 bits per heavy atom. The molecule has 5 heteroatoms. The predicted octanol–water partition coefficient (Wildman–Crippen LogP) is 2.92. The Morgan fingerprint density at radius 2 is 2.12 bits per heavy atom. The molecule has 1 aromatic heterocycles. The molecule has 1 saturated heterocycles. The molecule has 1 aliphatic heterocycles. The number of H-pyrrole nitrogens is 1. The monoisotopic (exact) mass is 324 g/mol. The van der Waals surface area contributed by atoms with E-state index in [1.54, 1.807) is 6.07 Å². The maximum Gasteiger partial charge on any atom is 0.250 e. The summed E-state index contributed by atoms with van der Waals surface area (Å²) < 4.78 is 0. The second-order valence-corrected chi connectivity index (χ2v) is 7.88. The lowest BCUT2D eigenvalue weighted by Crippen LogP contribution is -2.48. The van der Waals surface area contributed by atoms with Crippen LogP contribution < -0.4 is 5.73 Å². The second kappa shape index (κ2) is 5.06. The van der Waals surface area contributed by atoms with Crippen molar-refractivity contribution < 1.29 is 4.79 Å². The van der Waals surface area contributed by atoms with Crippen molar-refractivity contribution >= 4 is 16.9 Å². The number of imidazole rings is 1. The van der Waals surface area contributed by atoms with E-state index in [1.807, 2.05) is 12.1 Å². The van der Waals surface area contributed by atoms with Gasteiger partial charge in [0, 0.05) is 12.6 Å². The SMILES string of the molecule is NC(=O)c1cccc2[nH]c(C34CCC(CN3C3CCCC3)C4)nc12. The average Bonchev–Trinajstić information content (AvgIpc) is 3.35. The molecular formula is C19H24N4O. The Labute approximate surface area is 141 Å². The Balaban J connectivity index is 1.62. The molecule has 2 aromatic rings. The van der Waals surface area contributed by atoms with Crippen LogP contribution in [0.1, 0.15) is 61.1 Å². The Hall–Kier alpha value is -1.88. The van der Waals surface area contributed by atoms with E-state index in [0.29, 0.717) is 11.6 Å². The molecule has 126 valence electrons. The van der Waals surface area contributed by atoms with Crippen LogP contribution in [-0.2, 0) is 5.54 Å². The molecule has 5 nitrogen and oxygen atoms in total. The zero-order chi connectivity index (χ0) is 16.3. The lowest BCUT2D eigenvalue weighted by molar-refractivity contribution is 0.0604. The van der Waals surface area contributed by atoms with Gasteiger partial charge in [-0.15, -0.1) is 0 Å². The number of amides is 1.